The number of fused-ring (bicyclic) bond motifs is 1. The van der Waals surface area contributed by atoms with Crippen LogP contribution in [0.15, 0.2) is 66.9 Å². The van der Waals surface area contributed by atoms with Crippen LogP contribution in [0.3, 0.4) is 0 Å². The smallest absolute Gasteiger partial charge is 0.224 e. The van der Waals surface area contributed by atoms with E-state index < -0.39 is 0 Å². The van der Waals surface area contributed by atoms with Gasteiger partial charge in [0.1, 0.15) is 5.75 Å². The van der Waals surface area contributed by atoms with Crippen LogP contribution < -0.4 is 10.1 Å². The summed E-state index contributed by atoms with van der Waals surface area (Å²) in [4.78, 5) is 13.7. The molecule has 0 spiro atoms. The summed E-state index contributed by atoms with van der Waals surface area (Å²) in [7, 11) is 1.67. The van der Waals surface area contributed by atoms with Crippen molar-refractivity contribution >= 4 is 16.9 Å². The van der Waals surface area contributed by atoms with Gasteiger partial charge < -0.3 is 10.1 Å². The first-order valence-electron chi connectivity index (χ1n) is 8.79. The van der Waals surface area contributed by atoms with E-state index in [9.17, 15) is 0 Å². The van der Waals surface area contributed by atoms with Crippen LogP contribution in [0.1, 0.15) is 11.3 Å². The Morgan fingerprint density at radius 3 is 2.56 bits per heavy atom. The number of nitrogens with one attached hydrogen (secondary N) is 1. The number of aromatic nitrogens is 3. The molecule has 0 saturated carbocycles. The highest BCUT2D eigenvalue weighted by atomic mass is 16.5. The maximum absolute atomic E-state index is 5.20. The topological polar surface area (TPSA) is 59.9 Å². The monoisotopic (exact) mass is 356 g/mol. The molecule has 134 valence electrons. The number of pyridine rings is 1. The van der Waals surface area contributed by atoms with Gasteiger partial charge >= 0.3 is 0 Å². The minimum atomic E-state index is 0.606. The van der Waals surface area contributed by atoms with Crippen LogP contribution in [-0.4, -0.2) is 22.1 Å². The van der Waals surface area contributed by atoms with Crippen LogP contribution in [0.4, 0.5) is 5.95 Å². The molecule has 0 fully saturated rings. The quantitative estimate of drug-likeness (QED) is 0.565. The molecule has 0 amide bonds. The fraction of sp³-hybridized carbons (Fsp3) is 0.136. The van der Waals surface area contributed by atoms with Crippen molar-refractivity contribution in [1.82, 2.24) is 15.0 Å². The predicted molar refractivity (Wildman–Crippen MR) is 108 cm³/mol. The molecule has 2 aromatic heterocycles. The first-order valence-corrected chi connectivity index (χ1v) is 8.79. The molecule has 0 atom stereocenters. The molecular weight excluding hydrogens is 336 g/mol. The standard InChI is InChI=1S/C22H20N4O/c1-15-13-17(11-12-23-15)21-19-5-3-4-6-20(19)25-22(26-21)24-14-16-7-9-18(27-2)10-8-16/h3-13H,14H2,1-2H3,(H,24,25,26). The fourth-order valence-corrected chi connectivity index (χ4v) is 2.99. The predicted octanol–water partition coefficient (Wildman–Crippen LogP) is 4.62. The Bertz CT molecular complexity index is 1080. The molecule has 4 aromatic rings. The Labute approximate surface area is 158 Å². The largest absolute Gasteiger partial charge is 0.497 e. The van der Waals surface area contributed by atoms with Crippen molar-refractivity contribution < 1.29 is 4.74 Å². The van der Waals surface area contributed by atoms with E-state index in [0.29, 0.717) is 12.5 Å². The van der Waals surface area contributed by atoms with Crippen LogP contribution in [-0.2, 0) is 6.54 Å². The van der Waals surface area contributed by atoms with Gasteiger partial charge in [0, 0.05) is 29.4 Å². The lowest BCUT2D eigenvalue weighted by molar-refractivity contribution is 0.414. The number of hydrogen-bond acceptors (Lipinski definition) is 5. The third kappa shape index (κ3) is 3.72. The molecule has 0 radical (unpaired) electrons. The number of benzene rings is 2. The first kappa shape index (κ1) is 17.0. The minimum Gasteiger partial charge on any atom is -0.497 e. The molecule has 2 aromatic carbocycles. The van der Waals surface area contributed by atoms with Crippen LogP contribution in [0.25, 0.3) is 22.2 Å². The summed E-state index contributed by atoms with van der Waals surface area (Å²) >= 11 is 0. The molecule has 0 bridgehead atoms. The Morgan fingerprint density at radius 2 is 1.78 bits per heavy atom. The summed E-state index contributed by atoms with van der Waals surface area (Å²) < 4.78 is 5.20. The van der Waals surface area contributed by atoms with E-state index in [0.717, 1.165) is 39.2 Å². The zero-order valence-corrected chi connectivity index (χ0v) is 15.3. The van der Waals surface area contributed by atoms with E-state index in [1.165, 1.54) is 0 Å². The lowest BCUT2D eigenvalue weighted by atomic mass is 10.1. The highest BCUT2D eigenvalue weighted by Gasteiger charge is 2.10. The number of hydrogen-bond donors (Lipinski definition) is 1. The van der Waals surface area contributed by atoms with Gasteiger partial charge in [-0.15, -0.1) is 0 Å². The minimum absolute atomic E-state index is 0.606. The third-order valence-corrected chi connectivity index (χ3v) is 4.38. The van der Waals surface area contributed by atoms with E-state index in [-0.39, 0.29) is 0 Å². The summed E-state index contributed by atoms with van der Waals surface area (Å²) in [5.74, 6) is 1.45. The second-order valence-corrected chi connectivity index (χ2v) is 6.30. The van der Waals surface area contributed by atoms with Gasteiger partial charge in [0.05, 0.1) is 18.3 Å². The van der Waals surface area contributed by atoms with Crippen molar-refractivity contribution in [3.63, 3.8) is 0 Å². The number of methoxy groups -OCH3 is 1. The summed E-state index contributed by atoms with van der Waals surface area (Å²) in [6, 6.07) is 20.0. The highest BCUT2D eigenvalue weighted by Crippen LogP contribution is 2.27. The Morgan fingerprint density at radius 1 is 0.963 bits per heavy atom. The van der Waals surface area contributed by atoms with Gasteiger partial charge in [-0.25, -0.2) is 9.97 Å². The van der Waals surface area contributed by atoms with Crippen molar-refractivity contribution in [1.29, 1.82) is 0 Å². The van der Waals surface area contributed by atoms with Gasteiger partial charge in [-0.1, -0.05) is 30.3 Å². The number of nitrogens with zero attached hydrogens (tertiary/aromatic N) is 3. The molecule has 0 aliphatic carbocycles. The molecule has 27 heavy (non-hydrogen) atoms. The number of ether oxygens (including phenoxy) is 1. The zero-order valence-electron chi connectivity index (χ0n) is 15.3. The summed E-state index contributed by atoms with van der Waals surface area (Å²) in [5.41, 5.74) is 4.95. The third-order valence-electron chi connectivity index (χ3n) is 4.38. The number of aryl methyl sites for hydroxylation is 1. The fourth-order valence-electron chi connectivity index (χ4n) is 2.99. The van der Waals surface area contributed by atoms with Crippen molar-refractivity contribution in [2.45, 2.75) is 13.5 Å². The molecule has 0 unspecified atom stereocenters. The van der Waals surface area contributed by atoms with E-state index >= 15 is 0 Å². The summed E-state index contributed by atoms with van der Waals surface area (Å²) in [5, 5.41) is 4.36. The Balaban J connectivity index is 1.68. The van der Waals surface area contributed by atoms with Crippen molar-refractivity contribution in [2.24, 2.45) is 0 Å². The Kier molecular flexibility index (Phi) is 4.66. The number of rotatable bonds is 5. The van der Waals surface area contributed by atoms with Gasteiger partial charge in [0.2, 0.25) is 5.95 Å². The molecular formula is C22H20N4O. The summed E-state index contributed by atoms with van der Waals surface area (Å²) in [6.45, 7) is 2.62. The maximum Gasteiger partial charge on any atom is 0.224 e. The summed E-state index contributed by atoms with van der Waals surface area (Å²) in [6.07, 6.45) is 1.81. The average Bonchev–Trinajstić information content (AvgIpc) is 2.72. The van der Waals surface area contributed by atoms with Gasteiger partial charge in [-0.05, 0) is 42.8 Å². The lowest BCUT2D eigenvalue weighted by Crippen LogP contribution is -2.05. The average molecular weight is 356 g/mol. The van der Waals surface area contributed by atoms with Crippen LogP contribution in [0, 0.1) is 6.92 Å². The SMILES string of the molecule is COc1ccc(CNc2nc(-c3ccnc(C)c3)c3ccccc3n2)cc1. The molecule has 4 rings (SSSR count). The number of para-hydroxylation sites is 1. The molecule has 0 saturated heterocycles. The van der Waals surface area contributed by atoms with Crippen LogP contribution >= 0.6 is 0 Å². The van der Waals surface area contributed by atoms with Gasteiger partial charge in [-0.2, -0.15) is 0 Å². The van der Waals surface area contributed by atoms with Crippen LogP contribution in [0.5, 0.6) is 5.75 Å². The van der Waals surface area contributed by atoms with E-state index in [1.807, 2.05) is 73.8 Å². The van der Waals surface area contributed by atoms with E-state index in [4.69, 9.17) is 9.72 Å². The van der Waals surface area contributed by atoms with Crippen molar-refractivity contribution in [3.05, 3.63) is 78.1 Å². The second kappa shape index (κ2) is 7.41. The van der Waals surface area contributed by atoms with Crippen molar-refractivity contribution in [2.75, 3.05) is 12.4 Å². The zero-order chi connectivity index (χ0) is 18.6. The second-order valence-electron chi connectivity index (χ2n) is 6.30. The number of anilines is 1. The maximum atomic E-state index is 5.20. The van der Waals surface area contributed by atoms with Gasteiger partial charge in [0.25, 0.3) is 0 Å². The lowest BCUT2D eigenvalue weighted by Gasteiger charge is -2.11. The van der Waals surface area contributed by atoms with Gasteiger partial charge in [0.15, 0.2) is 0 Å². The molecule has 5 heteroatoms. The molecule has 2 heterocycles. The van der Waals surface area contributed by atoms with Gasteiger partial charge in [-0.3, -0.25) is 4.98 Å². The highest BCUT2D eigenvalue weighted by molar-refractivity contribution is 5.93. The Hall–Kier alpha value is -3.47. The van der Waals surface area contributed by atoms with E-state index in [2.05, 4.69) is 15.3 Å². The molecule has 5 nitrogen and oxygen atoms in total. The van der Waals surface area contributed by atoms with Crippen molar-refractivity contribution in [3.8, 4) is 17.0 Å². The molecule has 0 aliphatic heterocycles. The normalized spacial score (nSPS) is 10.7. The van der Waals surface area contributed by atoms with Crippen LogP contribution in [0.2, 0.25) is 0 Å². The molecule has 0 aliphatic rings. The first-order chi connectivity index (χ1) is 13.2. The molecule has 1 N–H and O–H groups in total. The van der Waals surface area contributed by atoms with E-state index in [1.54, 1.807) is 7.11 Å².